The Morgan fingerprint density at radius 1 is 0.730 bits per heavy atom. The first-order valence-electron chi connectivity index (χ1n) is 11.8. The molecule has 184 valence electrons. The smallest absolute Gasteiger partial charge is 0.336 e. The van der Waals surface area contributed by atoms with E-state index >= 15 is 0 Å². The molecule has 1 N–H and O–H groups in total. The van der Waals surface area contributed by atoms with E-state index in [1.54, 1.807) is 42.5 Å². The lowest BCUT2D eigenvalue weighted by atomic mass is 9.89. The minimum absolute atomic E-state index is 0.0689. The average molecular weight is 493 g/mol. The number of hydrogen-bond acceptors (Lipinski definition) is 5. The summed E-state index contributed by atoms with van der Waals surface area (Å²) >= 11 is 0. The summed E-state index contributed by atoms with van der Waals surface area (Å²) in [7, 11) is 0. The normalized spacial score (nSPS) is 12.5. The zero-order chi connectivity index (χ0) is 25.6. The quantitative estimate of drug-likeness (QED) is 0.229. The molecule has 0 aromatic heterocycles. The molecule has 37 heavy (non-hydrogen) atoms. The molecule has 5 rings (SSSR count). The lowest BCUT2D eigenvalue weighted by Crippen LogP contribution is -2.14. The largest absolute Gasteiger partial charge is 0.489 e. The summed E-state index contributed by atoms with van der Waals surface area (Å²) in [4.78, 5) is 26.3. The summed E-state index contributed by atoms with van der Waals surface area (Å²) in [5, 5.41) is 10.2. The van der Waals surface area contributed by atoms with E-state index in [1.807, 2.05) is 60.7 Å². The predicted octanol–water partition coefficient (Wildman–Crippen LogP) is 5.96. The number of ketones is 1. The fraction of sp³-hybridized carbons (Fsp3) is 0.0968. The maximum absolute atomic E-state index is 13.8. The molecule has 6 heteroatoms. The number of carboxylic acids is 1. The number of carboxylic acid groups (broad SMARTS) is 1. The van der Waals surface area contributed by atoms with Crippen molar-refractivity contribution in [2.75, 3.05) is 6.79 Å². The molecule has 1 aliphatic rings. The molecule has 0 amide bonds. The SMILES string of the molecule is O=C(O)/C(=C(/Cc1ccccc1)C(=O)c1ccc(OCc2ccccc2)cc1)c1ccc2c(c1)OCO2. The number of hydrogen-bond donors (Lipinski definition) is 1. The Morgan fingerprint density at radius 2 is 1.35 bits per heavy atom. The number of fused-ring (bicyclic) bond motifs is 1. The van der Waals surface area contributed by atoms with Crippen LogP contribution in [0, 0.1) is 0 Å². The van der Waals surface area contributed by atoms with Gasteiger partial charge in [0, 0.05) is 17.6 Å². The van der Waals surface area contributed by atoms with Crippen LogP contribution in [-0.4, -0.2) is 23.7 Å². The lowest BCUT2D eigenvalue weighted by molar-refractivity contribution is -0.130. The molecule has 0 saturated carbocycles. The standard InChI is InChI=1S/C31H24O6/c32-30(23-11-14-25(15-12-23)35-19-22-9-5-2-6-10-22)26(17-21-7-3-1-4-8-21)29(31(33)34)24-13-16-27-28(18-24)37-20-36-27/h1-16,18H,17,19-20H2,(H,33,34)/b29-26-. The number of rotatable bonds is 9. The van der Waals surface area contributed by atoms with Crippen molar-refractivity contribution in [3.05, 3.63) is 131 Å². The molecule has 0 bridgehead atoms. The number of allylic oxidation sites excluding steroid dienone is 1. The molecule has 1 heterocycles. The highest BCUT2D eigenvalue weighted by molar-refractivity contribution is 6.26. The molecule has 0 aliphatic carbocycles. The van der Waals surface area contributed by atoms with Crippen LogP contribution in [0.2, 0.25) is 0 Å². The van der Waals surface area contributed by atoms with Gasteiger partial charge in [-0.3, -0.25) is 4.79 Å². The Hall–Kier alpha value is -4.84. The molecule has 0 unspecified atom stereocenters. The zero-order valence-corrected chi connectivity index (χ0v) is 19.9. The molecule has 4 aromatic carbocycles. The van der Waals surface area contributed by atoms with Crippen LogP contribution in [0.4, 0.5) is 0 Å². The summed E-state index contributed by atoms with van der Waals surface area (Å²) < 4.78 is 16.6. The summed E-state index contributed by atoms with van der Waals surface area (Å²) in [6.07, 6.45) is 0.155. The van der Waals surface area contributed by atoms with Gasteiger partial charge in [-0.1, -0.05) is 66.7 Å². The minimum Gasteiger partial charge on any atom is -0.489 e. The van der Waals surface area contributed by atoms with Gasteiger partial charge in [-0.25, -0.2) is 4.79 Å². The fourth-order valence-electron chi connectivity index (χ4n) is 4.18. The van der Waals surface area contributed by atoms with Crippen molar-refractivity contribution < 1.29 is 28.9 Å². The first kappa shape index (κ1) is 23.9. The van der Waals surface area contributed by atoms with E-state index in [0.717, 1.165) is 11.1 Å². The van der Waals surface area contributed by atoms with Gasteiger partial charge in [0.15, 0.2) is 17.3 Å². The van der Waals surface area contributed by atoms with Gasteiger partial charge in [0.2, 0.25) is 6.79 Å². The van der Waals surface area contributed by atoms with E-state index < -0.39 is 5.97 Å². The maximum Gasteiger partial charge on any atom is 0.336 e. The van der Waals surface area contributed by atoms with Gasteiger partial charge in [0.25, 0.3) is 0 Å². The highest BCUT2D eigenvalue weighted by Gasteiger charge is 2.25. The minimum atomic E-state index is -1.19. The Balaban J connectivity index is 1.49. The van der Waals surface area contributed by atoms with Crippen LogP contribution in [0.15, 0.2) is 109 Å². The Bertz CT molecular complexity index is 1440. The number of benzene rings is 4. The van der Waals surface area contributed by atoms with Crippen molar-refractivity contribution in [1.82, 2.24) is 0 Å². The lowest BCUT2D eigenvalue weighted by Gasteiger charge is -2.14. The van der Waals surface area contributed by atoms with Crippen molar-refractivity contribution in [2.45, 2.75) is 13.0 Å². The van der Waals surface area contributed by atoms with E-state index in [4.69, 9.17) is 14.2 Å². The number of Topliss-reactive ketones (excluding diaryl/α,β-unsaturated/α-hetero) is 1. The molecule has 0 atom stereocenters. The van der Waals surface area contributed by atoms with E-state index in [2.05, 4.69) is 0 Å². The van der Waals surface area contributed by atoms with Crippen LogP contribution >= 0.6 is 0 Å². The third-order valence-corrected chi connectivity index (χ3v) is 6.04. The van der Waals surface area contributed by atoms with E-state index in [9.17, 15) is 14.7 Å². The molecule has 6 nitrogen and oxygen atoms in total. The second-order valence-electron chi connectivity index (χ2n) is 8.52. The molecule has 0 fully saturated rings. The van der Waals surface area contributed by atoms with Crippen LogP contribution in [0.1, 0.15) is 27.0 Å². The molecule has 0 spiro atoms. The van der Waals surface area contributed by atoms with Crippen molar-refractivity contribution in [2.24, 2.45) is 0 Å². The second-order valence-corrected chi connectivity index (χ2v) is 8.52. The maximum atomic E-state index is 13.8. The van der Waals surface area contributed by atoms with Crippen LogP contribution in [-0.2, 0) is 17.8 Å². The average Bonchev–Trinajstić information content (AvgIpc) is 3.41. The molecule has 1 aliphatic heterocycles. The van der Waals surface area contributed by atoms with Crippen molar-refractivity contribution in [3.8, 4) is 17.2 Å². The molecule has 0 saturated heterocycles. The van der Waals surface area contributed by atoms with Crippen LogP contribution < -0.4 is 14.2 Å². The monoisotopic (exact) mass is 492 g/mol. The third kappa shape index (κ3) is 5.54. The number of carbonyl (C=O) groups excluding carboxylic acids is 1. The highest BCUT2D eigenvalue weighted by atomic mass is 16.7. The van der Waals surface area contributed by atoms with E-state index in [0.29, 0.717) is 35.0 Å². The molecule has 0 radical (unpaired) electrons. The van der Waals surface area contributed by atoms with Gasteiger partial charge in [-0.05, 0) is 53.1 Å². The summed E-state index contributed by atoms with van der Waals surface area (Å²) in [5.74, 6) is 0.0379. The van der Waals surface area contributed by atoms with E-state index in [1.165, 1.54) is 0 Å². The predicted molar refractivity (Wildman–Crippen MR) is 139 cm³/mol. The Labute approximate surface area is 214 Å². The number of carbonyl (C=O) groups is 2. The Morgan fingerprint density at radius 3 is 2.03 bits per heavy atom. The molecular formula is C31H24O6. The van der Waals surface area contributed by atoms with Gasteiger partial charge < -0.3 is 19.3 Å². The van der Waals surface area contributed by atoms with Crippen LogP contribution in [0.25, 0.3) is 5.57 Å². The first-order chi connectivity index (χ1) is 18.1. The number of aliphatic carboxylic acids is 1. The van der Waals surface area contributed by atoms with Crippen LogP contribution in [0.3, 0.4) is 0 Å². The van der Waals surface area contributed by atoms with Gasteiger partial charge in [0.05, 0.1) is 5.57 Å². The van der Waals surface area contributed by atoms with E-state index in [-0.39, 0.29) is 30.1 Å². The number of ether oxygens (including phenoxy) is 3. The summed E-state index contributed by atoms with van der Waals surface area (Å²) in [6, 6.07) is 30.8. The summed E-state index contributed by atoms with van der Waals surface area (Å²) in [5.41, 5.74) is 2.71. The first-order valence-corrected chi connectivity index (χ1v) is 11.8. The Kier molecular flexibility index (Phi) is 6.99. The summed E-state index contributed by atoms with van der Waals surface area (Å²) in [6.45, 7) is 0.472. The fourth-order valence-corrected chi connectivity index (χ4v) is 4.18. The van der Waals surface area contributed by atoms with Gasteiger partial charge >= 0.3 is 5.97 Å². The van der Waals surface area contributed by atoms with Crippen LogP contribution in [0.5, 0.6) is 17.2 Å². The topological polar surface area (TPSA) is 82.1 Å². The molecule has 4 aromatic rings. The van der Waals surface area contributed by atoms with Crippen molar-refractivity contribution in [1.29, 1.82) is 0 Å². The third-order valence-electron chi connectivity index (χ3n) is 6.04. The van der Waals surface area contributed by atoms with Crippen molar-refractivity contribution >= 4 is 17.3 Å². The molecular weight excluding hydrogens is 468 g/mol. The zero-order valence-electron chi connectivity index (χ0n) is 19.9. The van der Waals surface area contributed by atoms with Gasteiger partial charge in [-0.2, -0.15) is 0 Å². The van der Waals surface area contributed by atoms with Crippen molar-refractivity contribution in [3.63, 3.8) is 0 Å². The highest BCUT2D eigenvalue weighted by Crippen LogP contribution is 2.36. The van der Waals surface area contributed by atoms with Gasteiger partial charge in [-0.15, -0.1) is 0 Å². The van der Waals surface area contributed by atoms with Gasteiger partial charge in [0.1, 0.15) is 12.4 Å². The second kappa shape index (κ2) is 10.8.